The van der Waals surface area contributed by atoms with Gasteiger partial charge >= 0.3 is 0 Å². The molecule has 0 aromatic carbocycles. The Morgan fingerprint density at radius 1 is 0.705 bits per heavy atom. The van der Waals surface area contributed by atoms with Gasteiger partial charge < -0.3 is 18.9 Å². The Morgan fingerprint density at radius 2 is 1.43 bits per heavy atom. The van der Waals surface area contributed by atoms with E-state index in [4.69, 9.17) is 18.9 Å². The summed E-state index contributed by atoms with van der Waals surface area (Å²) in [6.45, 7) is 23.0. The Hall–Kier alpha value is -0.420. The lowest BCUT2D eigenvalue weighted by Gasteiger charge is -2.73. The van der Waals surface area contributed by atoms with Crippen LogP contribution in [0.3, 0.4) is 0 Å². The molecular weight excluding hydrogens is 544 g/mol. The van der Waals surface area contributed by atoms with E-state index in [0.717, 1.165) is 50.4 Å². The maximum atomic E-state index is 6.82. The van der Waals surface area contributed by atoms with Crippen LogP contribution in [0.5, 0.6) is 0 Å². The monoisotopic (exact) mass is 610 g/mol. The molecule has 7 fully saturated rings. The second kappa shape index (κ2) is 11.6. The number of hydrogen-bond acceptors (Lipinski definition) is 4. The standard InChI is InChI=1S/C40H66O4/c1-27(2)28-16-21-40(26-43-33-12-8-10-24-41-33)23-22-38(6)29(35(28)40)14-15-31-37(5)19-18-32(44-34-13-9-11-25-42-34)36(3,4)30(37)17-20-39(31,38)7/h28-35H,1,8-26H2,2-7H3/t28-,29+,30-,31+,32-,33?,34?,35+,37-,38+,39+,40+/m0/s1. The third-order valence-electron chi connectivity index (χ3n) is 16.3. The molecule has 2 heterocycles. The molecule has 44 heavy (non-hydrogen) atoms. The van der Waals surface area contributed by atoms with Gasteiger partial charge in [0.15, 0.2) is 12.6 Å². The average Bonchev–Trinajstić information content (AvgIpc) is 3.39. The molecule has 0 bridgehead atoms. The third kappa shape index (κ3) is 4.87. The molecule has 0 aromatic heterocycles. The van der Waals surface area contributed by atoms with Crippen LogP contribution in [-0.4, -0.2) is 38.5 Å². The molecular formula is C40H66O4. The first-order chi connectivity index (χ1) is 20.9. The Bertz CT molecular complexity index is 1060. The van der Waals surface area contributed by atoms with E-state index >= 15 is 0 Å². The lowest BCUT2D eigenvalue weighted by atomic mass is 9.32. The first kappa shape index (κ1) is 32.1. The minimum Gasteiger partial charge on any atom is -0.353 e. The van der Waals surface area contributed by atoms with Crippen LogP contribution in [0.4, 0.5) is 0 Å². The second-order valence-electron chi connectivity index (χ2n) is 18.4. The molecule has 2 saturated heterocycles. The van der Waals surface area contributed by atoms with E-state index < -0.39 is 0 Å². The van der Waals surface area contributed by atoms with Crippen LogP contribution in [-0.2, 0) is 18.9 Å². The third-order valence-corrected chi connectivity index (χ3v) is 16.3. The fraction of sp³-hybridized carbons (Fsp3) is 0.950. The van der Waals surface area contributed by atoms with Gasteiger partial charge in [-0.3, -0.25) is 0 Å². The summed E-state index contributed by atoms with van der Waals surface area (Å²) in [5.74, 6) is 3.65. The minimum atomic E-state index is 0.0180. The number of hydrogen-bond donors (Lipinski definition) is 0. The van der Waals surface area contributed by atoms with Crippen molar-refractivity contribution < 1.29 is 18.9 Å². The van der Waals surface area contributed by atoms with Crippen molar-refractivity contribution >= 4 is 0 Å². The van der Waals surface area contributed by atoms with Crippen molar-refractivity contribution in [3.8, 4) is 0 Å². The highest BCUT2D eigenvalue weighted by molar-refractivity contribution is 5.21. The highest BCUT2D eigenvalue weighted by Gasteiger charge is 2.71. The van der Waals surface area contributed by atoms with Crippen LogP contribution in [0.1, 0.15) is 144 Å². The van der Waals surface area contributed by atoms with E-state index in [1.165, 1.54) is 95.5 Å². The van der Waals surface area contributed by atoms with Crippen molar-refractivity contribution in [1.82, 2.24) is 0 Å². The molecule has 0 aromatic rings. The van der Waals surface area contributed by atoms with E-state index in [-0.39, 0.29) is 18.0 Å². The summed E-state index contributed by atoms with van der Waals surface area (Å²) in [5, 5.41) is 0. The average molecular weight is 611 g/mol. The summed E-state index contributed by atoms with van der Waals surface area (Å²) in [4.78, 5) is 0. The first-order valence-corrected chi connectivity index (χ1v) is 19.1. The van der Waals surface area contributed by atoms with Gasteiger partial charge in [-0.2, -0.15) is 0 Å². The SMILES string of the molecule is C=C(C)[C@@H]1CC[C@]2(COC3CCCCO3)CC[C@]3(C)[C@H](CC[C@@H]4[C@@]5(C)CC[C@H](OC6CCCCO6)C(C)(C)[C@@H]5CC[C@]43C)[C@@H]12. The zero-order chi connectivity index (χ0) is 31.0. The van der Waals surface area contributed by atoms with Crippen LogP contribution >= 0.6 is 0 Å². The van der Waals surface area contributed by atoms with Gasteiger partial charge in [-0.15, -0.1) is 0 Å². The van der Waals surface area contributed by atoms with Crippen molar-refractivity contribution in [2.24, 2.45) is 56.7 Å². The van der Waals surface area contributed by atoms with Gasteiger partial charge in [-0.05, 0) is 166 Å². The van der Waals surface area contributed by atoms with Crippen LogP contribution in [0.25, 0.3) is 0 Å². The number of fused-ring (bicyclic) bond motifs is 7. The number of ether oxygens (including phenoxy) is 4. The van der Waals surface area contributed by atoms with Gasteiger partial charge in [0.05, 0.1) is 12.7 Å². The molecule has 2 unspecified atom stereocenters. The van der Waals surface area contributed by atoms with Crippen LogP contribution in [0, 0.1) is 56.7 Å². The molecule has 0 spiro atoms. The van der Waals surface area contributed by atoms with Crippen LogP contribution in [0.15, 0.2) is 12.2 Å². The van der Waals surface area contributed by atoms with Crippen LogP contribution in [0.2, 0.25) is 0 Å². The number of rotatable bonds is 6. The molecule has 4 nitrogen and oxygen atoms in total. The summed E-state index contributed by atoms with van der Waals surface area (Å²) < 4.78 is 25.7. The normalized spacial score (nSPS) is 51.9. The van der Waals surface area contributed by atoms with Gasteiger partial charge in [0.2, 0.25) is 0 Å². The summed E-state index contributed by atoms with van der Waals surface area (Å²) in [6.07, 6.45) is 20.7. The topological polar surface area (TPSA) is 36.9 Å². The van der Waals surface area contributed by atoms with Crippen molar-refractivity contribution in [1.29, 1.82) is 0 Å². The molecule has 0 N–H and O–H groups in total. The van der Waals surface area contributed by atoms with Crippen molar-refractivity contribution in [2.45, 2.75) is 163 Å². The molecule has 7 rings (SSSR count). The maximum Gasteiger partial charge on any atom is 0.157 e. The van der Waals surface area contributed by atoms with E-state index in [2.05, 4.69) is 48.1 Å². The molecule has 0 amide bonds. The summed E-state index contributed by atoms with van der Waals surface area (Å²) in [5.41, 5.74) is 3.07. The predicted octanol–water partition coefficient (Wildman–Crippen LogP) is 10.1. The van der Waals surface area contributed by atoms with E-state index in [1.54, 1.807) is 0 Å². The van der Waals surface area contributed by atoms with Crippen molar-refractivity contribution in [3.63, 3.8) is 0 Å². The molecule has 7 aliphatic rings. The van der Waals surface area contributed by atoms with Gasteiger partial charge in [0.25, 0.3) is 0 Å². The lowest BCUT2D eigenvalue weighted by molar-refractivity contribution is -0.276. The molecule has 5 aliphatic carbocycles. The van der Waals surface area contributed by atoms with Gasteiger partial charge in [0.1, 0.15) is 0 Å². The number of allylic oxidation sites excluding steroid dienone is 1. The Balaban J connectivity index is 1.14. The maximum absolute atomic E-state index is 6.82. The summed E-state index contributed by atoms with van der Waals surface area (Å²) >= 11 is 0. The lowest BCUT2D eigenvalue weighted by Crippen LogP contribution is -2.67. The fourth-order valence-corrected chi connectivity index (χ4v) is 13.9. The smallest absolute Gasteiger partial charge is 0.157 e. The molecule has 250 valence electrons. The van der Waals surface area contributed by atoms with Gasteiger partial charge in [-0.25, -0.2) is 0 Å². The second-order valence-corrected chi connectivity index (χ2v) is 18.4. The first-order valence-electron chi connectivity index (χ1n) is 19.1. The van der Waals surface area contributed by atoms with Gasteiger partial charge in [0, 0.05) is 13.2 Å². The van der Waals surface area contributed by atoms with Gasteiger partial charge in [-0.1, -0.05) is 46.8 Å². The summed E-state index contributed by atoms with van der Waals surface area (Å²) in [6, 6.07) is 0. The predicted molar refractivity (Wildman–Crippen MR) is 177 cm³/mol. The Labute approximate surface area is 270 Å². The zero-order valence-electron chi connectivity index (χ0n) is 29.4. The molecule has 0 radical (unpaired) electrons. The molecule has 4 heteroatoms. The highest BCUT2D eigenvalue weighted by atomic mass is 16.7. The van der Waals surface area contributed by atoms with Crippen molar-refractivity contribution in [2.75, 3.05) is 19.8 Å². The van der Waals surface area contributed by atoms with E-state index in [1.807, 2.05) is 0 Å². The molecule has 2 aliphatic heterocycles. The fourth-order valence-electron chi connectivity index (χ4n) is 13.9. The molecule has 12 atom stereocenters. The summed E-state index contributed by atoms with van der Waals surface area (Å²) in [7, 11) is 0. The van der Waals surface area contributed by atoms with E-state index in [0.29, 0.717) is 39.6 Å². The van der Waals surface area contributed by atoms with E-state index in [9.17, 15) is 0 Å². The Morgan fingerprint density at radius 3 is 2.11 bits per heavy atom. The zero-order valence-corrected chi connectivity index (χ0v) is 29.4. The minimum absolute atomic E-state index is 0.0180. The quantitative estimate of drug-likeness (QED) is 0.221. The molecule has 5 saturated carbocycles. The largest absolute Gasteiger partial charge is 0.353 e. The van der Waals surface area contributed by atoms with Crippen LogP contribution < -0.4 is 0 Å². The van der Waals surface area contributed by atoms with Crippen molar-refractivity contribution in [3.05, 3.63) is 12.2 Å². The Kier molecular flexibility index (Phi) is 8.49. The highest BCUT2D eigenvalue weighted by Crippen LogP contribution is 2.77.